The Kier molecular flexibility index (Phi) is 3.91. The van der Waals surface area contributed by atoms with Crippen LogP contribution in [0.5, 0.6) is 5.75 Å². The van der Waals surface area contributed by atoms with E-state index in [1.54, 1.807) is 13.3 Å². The topological polar surface area (TPSA) is 41.5 Å². The van der Waals surface area contributed by atoms with E-state index < -0.39 is 0 Å². The molecule has 0 unspecified atom stereocenters. The average Bonchev–Trinajstić information content (AvgIpc) is 2.67. The van der Waals surface area contributed by atoms with Gasteiger partial charge in [0.25, 0.3) is 0 Å². The monoisotopic (exact) mass is 320 g/mol. The Bertz CT molecular complexity index is 843. The summed E-state index contributed by atoms with van der Waals surface area (Å²) in [5, 5.41) is 1.08. The molecule has 2 aromatic heterocycles. The van der Waals surface area contributed by atoms with Crippen LogP contribution >= 0.6 is 0 Å². The lowest BCUT2D eigenvalue weighted by atomic mass is 10.2. The third kappa shape index (κ3) is 2.73. The lowest BCUT2D eigenvalue weighted by Crippen LogP contribution is -2.46. The molecule has 1 fully saturated rings. The van der Waals surface area contributed by atoms with Crippen molar-refractivity contribution in [1.29, 1.82) is 0 Å². The van der Waals surface area contributed by atoms with E-state index in [1.807, 2.05) is 24.3 Å². The van der Waals surface area contributed by atoms with Crippen LogP contribution < -0.4 is 14.5 Å². The maximum Gasteiger partial charge on any atom is 0.161 e. The fourth-order valence-corrected chi connectivity index (χ4v) is 3.19. The standard InChI is InChI=1S/C19H20N4O/c1-24-17-7-3-2-6-16(17)22-11-13-23(14-12-22)18-9-8-15-5-4-10-20-19(15)21-18/h2-10H,11-14H2,1H3. The van der Waals surface area contributed by atoms with Crippen LogP contribution in [0.1, 0.15) is 0 Å². The first-order valence-electron chi connectivity index (χ1n) is 8.20. The zero-order chi connectivity index (χ0) is 16.4. The van der Waals surface area contributed by atoms with Crippen LogP contribution in [0.4, 0.5) is 11.5 Å². The lowest BCUT2D eigenvalue weighted by molar-refractivity contribution is 0.413. The van der Waals surface area contributed by atoms with Crippen molar-refractivity contribution in [3.05, 3.63) is 54.7 Å². The second-order valence-electron chi connectivity index (χ2n) is 5.87. The van der Waals surface area contributed by atoms with Crippen molar-refractivity contribution < 1.29 is 4.74 Å². The summed E-state index contributed by atoms with van der Waals surface area (Å²) in [6.07, 6.45) is 1.79. The van der Waals surface area contributed by atoms with Crippen molar-refractivity contribution in [2.75, 3.05) is 43.1 Å². The van der Waals surface area contributed by atoms with Gasteiger partial charge in [-0.25, -0.2) is 9.97 Å². The molecule has 24 heavy (non-hydrogen) atoms. The molecule has 5 heteroatoms. The molecular formula is C19H20N4O. The quantitative estimate of drug-likeness (QED) is 0.742. The molecule has 0 bridgehead atoms. The number of hydrogen-bond acceptors (Lipinski definition) is 5. The average molecular weight is 320 g/mol. The van der Waals surface area contributed by atoms with Crippen molar-refractivity contribution in [1.82, 2.24) is 9.97 Å². The van der Waals surface area contributed by atoms with E-state index in [0.717, 1.165) is 54.5 Å². The molecule has 0 saturated carbocycles. The van der Waals surface area contributed by atoms with E-state index in [2.05, 4.69) is 39.0 Å². The summed E-state index contributed by atoms with van der Waals surface area (Å²) >= 11 is 0. The Morgan fingerprint density at radius 1 is 0.875 bits per heavy atom. The normalized spacial score (nSPS) is 14.9. The Morgan fingerprint density at radius 2 is 1.67 bits per heavy atom. The van der Waals surface area contributed by atoms with E-state index in [1.165, 1.54) is 0 Å². The third-order valence-electron chi connectivity index (χ3n) is 4.48. The number of anilines is 2. The Balaban J connectivity index is 1.51. The number of pyridine rings is 2. The number of benzene rings is 1. The molecule has 1 aliphatic heterocycles. The number of rotatable bonds is 3. The van der Waals surface area contributed by atoms with Gasteiger partial charge in [-0.2, -0.15) is 0 Å². The molecule has 1 aromatic carbocycles. The van der Waals surface area contributed by atoms with Gasteiger partial charge >= 0.3 is 0 Å². The molecule has 1 aliphatic rings. The maximum absolute atomic E-state index is 5.48. The Morgan fingerprint density at radius 3 is 2.50 bits per heavy atom. The fraction of sp³-hybridized carbons (Fsp3) is 0.263. The van der Waals surface area contributed by atoms with Crippen LogP contribution in [0.25, 0.3) is 11.0 Å². The minimum Gasteiger partial charge on any atom is -0.495 e. The molecule has 3 aromatic rings. The Hall–Kier alpha value is -2.82. The van der Waals surface area contributed by atoms with Crippen LogP contribution in [0.15, 0.2) is 54.7 Å². The molecule has 1 saturated heterocycles. The van der Waals surface area contributed by atoms with E-state index in [0.29, 0.717) is 0 Å². The Labute approximate surface area is 141 Å². The fourth-order valence-electron chi connectivity index (χ4n) is 3.19. The highest BCUT2D eigenvalue weighted by Crippen LogP contribution is 2.29. The minimum absolute atomic E-state index is 0.808. The van der Waals surface area contributed by atoms with E-state index in [4.69, 9.17) is 9.72 Å². The number of fused-ring (bicyclic) bond motifs is 1. The van der Waals surface area contributed by atoms with E-state index in [-0.39, 0.29) is 0 Å². The van der Waals surface area contributed by atoms with Gasteiger partial charge in [-0.15, -0.1) is 0 Å². The van der Waals surface area contributed by atoms with Crippen molar-refractivity contribution in [3.8, 4) is 5.75 Å². The molecule has 122 valence electrons. The number of ether oxygens (including phenoxy) is 1. The molecule has 0 amide bonds. The maximum atomic E-state index is 5.48. The minimum atomic E-state index is 0.808. The molecule has 0 aliphatic carbocycles. The number of hydrogen-bond donors (Lipinski definition) is 0. The summed E-state index contributed by atoms with van der Waals surface area (Å²) in [6.45, 7) is 3.76. The van der Waals surface area contributed by atoms with E-state index in [9.17, 15) is 0 Å². The van der Waals surface area contributed by atoms with Crippen LogP contribution in [0, 0.1) is 0 Å². The van der Waals surface area contributed by atoms with Gasteiger partial charge in [0, 0.05) is 37.8 Å². The molecule has 0 atom stereocenters. The van der Waals surface area contributed by atoms with Crippen molar-refractivity contribution in [2.24, 2.45) is 0 Å². The lowest BCUT2D eigenvalue weighted by Gasteiger charge is -2.37. The highest BCUT2D eigenvalue weighted by atomic mass is 16.5. The van der Waals surface area contributed by atoms with Crippen molar-refractivity contribution in [3.63, 3.8) is 0 Å². The van der Waals surface area contributed by atoms with Crippen LogP contribution in [0.2, 0.25) is 0 Å². The van der Waals surface area contributed by atoms with Gasteiger partial charge in [-0.1, -0.05) is 12.1 Å². The van der Waals surface area contributed by atoms with E-state index >= 15 is 0 Å². The smallest absolute Gasteiger partial charge is 0.161 e. The van der Waals surface area contributed by atoms with Gasteiger partial charge in [-0.05, 0) is 36.4 Å². The summed E-state index contributed by atoms with van der Waals surface area (Å²) in [6, 6.07) is 16.4. The first-order valence-corrected chi connectivity index (χ1v) is 8.20. The SMILES string of the molecule is COc1ccccc1N1CCN(c2ccc3cccnc3n2)CC1. The summed E-state index contributed by atoms with van der Waals surface area (Å²) < 4.78 is 5.48. The largest absolute Gasteiger partial charge is 0.495 e. The molecule has 3 heterocycles. The highest BCUT2D eigenvalue weighted by molar-refractivity contribution is 5.76. The first-order chi connectivity index (χ1) is 11.8. The summed E-state index contributed by atoms with van der Waals surface area (Å²) in [5.74, 6) is 1.93. The summed E-state index contributed by atoms with van der Waals surface area (Å²) in [4.78, 5) is 13.7. The first kappa shape index (κ1) is 14.8. The predicted molar refractivity (Wildman–Crippen MR) is 97.0 cm³/mol. The van der Waals surface area contributed by atoms with Gasteiger partial charge in [0.2, 0.25) is 0 Å². The van der Waals surface area contributed by atoms with Gasteiger partial charge in [0.1, 0.15) is 11.6 Å². The number of para-hydroxylation sites is 2. The van der Waals surface area contributed by atoms with Crippen LogP contribution in [-0.2, 0) is 0 Å². The van der Waals surface area contributed by atoms with Gasteiger partial charge < -0.3 is 14.5 Å². The van der Waals surface area contributed by atoms with Crippen molar-refractivity contribution >= 4 is 22.5 Å². The summed E-state index contributed by atoms with van der Waals surface area (Å²) in [5.41, 5.74) is 1.97. The highest BCUT2D eigenvalue weighted by Gasteiger charge is 2.20. The molecule has 0 N–H and O–H groups in total. The predicted octanol–water partition coefficient (Wildman–Crippen LogP) is 2.97. The molecule has 5 nitrogen and oxygen atoms in total. The van der Waals surface area contributed by atoms with Gasteiger partial charge in [0.05, 0.1) is 12.8 Å². The van der Waals surface area contributed by atoms with Gasteiger partial charge in [-0.3, -0.25) is 0 Å². The number of methoxy groups -OCH3 is 1. The molecule has 4 rings (SSSR count). The number of aromatic nitrogens is 2. The molecular weight excluding hydrogens is 300 g/mol. The number of piperazine rings is 1. The third-order valence-corrected chi connectivity index (χ3v) is 4.48. The number of nitrogens with zero attached hydrogens (tertiary/aromatic N) is 4. The summed E-state index contributed by atoms with van der Waals surface area (Å²) in [7, 11) is 1.72. The van der Waals surface area contributed by atoms with Crippen LogP contribution in [-0.4, -0.2) is 43.3 Å². The zero-order valence-electron chi connectivity index (χ0n) is 13.7. The second kappa shape index (κ2) is 6.35. The van der Waals surface area contributed by atoms with Crippen LogP contribution in [0.3, 0.4) is 0 Å². The zero-order valence-corrected chi connectivity index (χ0v) is 13.7. The second-order valence-corrected chi connectivity index (χ2v) is 5.87. The molecule has 0 radical (unpaired) electrons. The van der Waals surface area contributed by atoms with Gasteiger partial charge in [0.15, 0.2) is 5.65 Å². The van der Waals surface area contributed by atoms with Crippen molar-refractivity contribution in [2.45, 2.75) is 0 Å². The molecule has 0 spiro atoms.